The number of fused-ring (bicyclic) bond motifs is 1. The van der Waals surface area contributed by atoms with Crippen LogP contribution in [0.3, 0.4) is 0 Å². The third-order valence-electron chi connectivity index (χ3n) is 8.16. The lowest BCUT2D eigenvalue weighted by atomic mass is 9.83. The number of nitrogens with zero attached hydrogens (tertiary/aromatic N) is 2. The lowest BCUT2D eigenvalue weighted by Gasteiger charge is -2.34. The van der Waals surface area contributed by atoms with Crippen molar-refractivity contribution < 1.29 is 28.8 Å². The number of Topliss-reactive ketones (excluding diaryl/α,β-unsaturated/α-hetero) is 1. The SMILES string of the molecule is C=CCNC(=O)C(=O)CNC(=O)[C@@H]1CCCN1C(=O)[C@@H](NC(=O)NCCN1Cc2ccccc2C1=O)C1CCCCC1. The van der Waals surface area contributed by atoms with Gasteiger partial charge in [-0.2, -0.15) is 0 Å². The zero-order valence-electron chi connectivity index (χ0n) is 23.9. The molecule has 1 aromatic rings. The molecule has 2 aliphatic heterocycles. The number of nitrogens with one attached hydrogen (secondary N) is 4. The van der Waals surface area contributed by atoms with Crippen LogP contribution in [-0.2, 0) is 25.7 Å². The first-order chi connectivity index (χ1) is 20.3. The average Bonchev–Trinajstić information content (AvgIpc) is 3.62. The second-order valence-electron chi connectivity index (χ2n) is 11.0. The molecule has 1 aromatic carbocycles. The molecule has 2 heterocycles. The number of hydrogen-bond donors (Lipinski definition) is 4. The zero-order valence-corrected chi connectivity index (χ0v) is 23.9. The smallest absolute Gasteiger partial charge is 0.315 e. The molecule has 1 saturated heterocycles. The van der Waals surface area contributed by atoms with Gasteiger partial charge in [0.05, 0.1) is 6.54 Å². The van der Waals surface area contributed by atoms with Crippen molar-refractivity contribution in [1.82, 2.24) is 31.1 Å². The first-order valence-electron chi connectivity index (χ1n) is 14.7. The quantitative estimate of drug-likeness (QED) is 0.212. The third-order valence-corrected chi connectivity index (χ3v) is 8.16. The number of urea groups is 1. The molecule has 0 unspecified atom stereocenters. The summed E-state index contributed by atoms with van der Waals surface area (Å²) in [4.78, 5) is 79.4. The summed E-state index contributed by atoms with van der Waals surface area (Å²) in [6.45, 7) is 4.54. The Bertz CT molecular complexity index is 1210. The van der Waals surface area contributed by atoms with Gasteiger partial charge in [0, 0.05) is 38.3 Å². The Morgan fingerprint density at radius 3 is 2.48 bits per heavy atom. The van der Waals surface area contributed by atoms with Gasteiger partial charge in [-0.1, -0.05) is 43.5 Å². The minimum absolute atomic E-state index is 0.0638. The van der Waals surface area contributed by atoms with Crippen LogP contribution in [0.2, 0.25) is 0 Å². The normalized spacial score (nSPS) is 19.0. The summed E-state index contributed by atoms with van der Waals surface area (Å²) in [6, 6.07) is 5.33. The van der Waals surface area contributed by atoms with Crippen molar-refractivity contribution in [2.75, 3.05) is 32.7 Å². The number of carbonyl (C=O) groups is 6. The number of hydrogen-bond acceptors (Lipinski definition) is 6. The highest BCUT2D eigenvalue weighted by Gasteiger charge is 2.41. The Labute approximate surface area is 245 Å². The fourth-order valence-electron chi connectivity index (χ4n) is 5.95. The van der Waals surface area contributed by atoms with E-state index in [0.717, 1.165) is 37.7 Å². The van der Waals surface area contributed by atoms with Crippen molar-refractivity contribution in [1.29, 1.82) is 0 Å². The van der Waals surface area contributed by atoms with E-state index in [9.17, 15) is 28.8 Å². The van der Waals surface area contributed by atoms with Gasteiger partial charge in [0.1, 0.15) is 12.1 Å². The standard InChI is InChI=1S/C30H40N6O6/c1-2-14-31-27(39)24(37)18-33-26(38)23-13-8-16-36(23)29(41)25(20-9-4-3-5-10-20)34-30(42)32-15-17-35-19-21-11-6-7-12-22(21)28(35)40/h2,6-7,11-12,20,23,25H,1,3-5,8-10,13-19H2,(H,31,39)(H,33,38)(H2,32,34,42)/t23-,25-/m0/s1. The molecule has 226 valence electrons. The topological polar surface area (TPSA) is 157 Å². The fraction of sp³-hybridized carbons (Fsp3) is 0.533. The van der Waals surface area contributed by atoms with Crippen LogP contribution in [-0.4, -0.2) is 90.1 Å². The van der Waals surface area contributed by atoms with Gasteiger partial charge in [-0.3, -0.25) is 24.0 Å². The molecule has 2 fully saturated rings. The zero-order chi connectivity index (χ0) is 30.1. The molecule has 0 spiro atoms. The Hall–Kier alpha value is -4.22. The van der Waals surface area contributed by atoms with E-state index < -0.39 is 42.3 Å². The molecule has 2 atom stereocenters. The van der Waals surface area contributed by atoms with Crippen LogP contribution in [0.4, 0.5) is 4.79 Å². The molecule has 12 heteroatoms. The van der Waals surface area contributed by atoms with Gasteiger partial charge in [-0.05, 0) is 43.2 Å². The van der Waals surface area contributed by atoms with Crippen molar-refractivity contribution in [2.24, 2.45) is 5.92 Å². The summed E-state index contributed by atoms with van der Waals surface area (Å²) in [6.07, 6.45) is 7.02. The average molecular weight is 581 g/mol. The van der Waals surface area contributed by atoms with E-state index in [-0.39, 0.29) is 30.8 Å². The first kappa shape index (κ1) is 30.7. The predicted molar refractivity (Wildman–Crippen MR) is 154 cm³/mol. The number of ketones is 1. The Balaban J connectivity index is 1.33. The number of carbonyl (C=O) groups excluding carboxylic acids is 6. The van der Waals surface area contributed by atoms with Crippen LogP contribution in [0.1, 0.15) is 60.9 Å². The Morgan fingerprint density at radius 1 is 0.976 bits per heavy atom. The molecule has 12 nitrogen and oxygen atoms in total. The number of rotatable bonds is 12. The molecule has 0 radical (unpaired) electrons. The van der Waals surface area contributed by atoms with Crippen molar-refractivity contribution in [3.8, 4) is 0 Å². The summed E-state index contributed by atoms with van der Waals surface area (Å²) >= 11 is 0. The lowest BCUT2D eigenvalue weighted by molar-refractivity contribution is -0.142. The van der Waals surface area contributed by atoms with Gasteiger partial charge in [0.2, 0.25) is 17.6 Å². The molecule has 1 aliphatic carbocycles. The van der Waals surface area contributed by atoms with Gasteiger partial charge in [0.15, 0.2) is 0 Å². The van der Waals surface area contributed by atoms with E-state index in [2.05, 4.69) is 27.8 Å². The molecular weight excluding hydrogens is 540 g/mol. The van der Waals surface area contributed by atoms with Crippen LogP contribution in [0.5, 0.6) is 0 Å². The van der Waals surface area contributed by atoms with Gasteiger partial charge >= 0.3 is 6.03 Å². The van der Waals surface area contributed by atoms with Crippen LogP contribution < -0.4 is 21.3 Å². The molecule has 6 amide bonds. The van der Waals surface area contributed by atoms with Crippen molar-refractivity contribution in [3.63, 3.8) is 0 Å². The van der Waals surface area contributed by atoms with E-state index in [1.807, 2.05) is 18.2 Å². The maximum Gasteiger partial charge on any atom is 0.315 e. The van der Waals surface area contributed by atoms with Crippen LogP contribution in [0.25, 0.3) is 0 Å². The monoisotopic (exact) mass is 580 g/mol. The number of benzene rings is 1. The Kier molecular flexibility index (Phi) is 10.7. The highest BCUT2D eigenvalue weighted by molar-refractivity contribution is 6.37. The second-order valence-corrected chi connectivity index (χ2v) is 11.0. The number of amides is 6. The summed E-state index contributed by atoms with van der Waals surface area (Å²) in [5.41, 5.74) is 1.63. The first-order valence-corrected chi connectivity index (χ1v) is 14.7. The highest BCUT2D eigenvalue weighted by atomic mass is 16.2. The van der Waals surface area contributed by atoms with E-state index in [1.165, 1.54) is 11.0 Å². The van der Waals surface area contributed by atoms with Crippen molar-refractivity contribution in [2.45, 2.75) is 63.6 Å². The molecule has 4 N–H and O–H groups in total. The molecule has 0 aromatic heterocycles. The van der Waals surface area contributed by atoms with Crippen molar-refractivity contribution >= 4 is 35.4 Å². The van der Waals surface area contributed by atoms with Crippen LogP contribution in [0, 0.1) is 5.92 Å². The fourth-order valence-corrected chi connectivity index (χ4v) is 5.95. The number of likely N-dealkylation sites (tertiary alicyclic amines) is 1. The minimum atomic E-state index is -0.819. The van der Waals surface area contributed by atoms with E-state index in [0.29, 0.717) is 38.0 Å². The minimum Gasteiger partial charge on any atom is -0.347 e. The summed E-state index contributed by atoms with van der Waals surface area (Å²) in [5, 5.41) is 10.5. The van der Waals surface area contributed by atoms with Gasteiger partial charge in [0.25, 0.3) is 11.8 Å². The predicted octanol–water partition coefficient (Wildman–Crippen LogP) is 0.869. The van der Waals surface area contributed by atoms with E-state index >= 15 is 0 Å². The maximum absolute atomic E-state index is 13.8. The van der Waals surface area contributed by atoms with Gasteiger partial charge < -0.3 is 31.1 Å². The van der Waals surface area contributed by atoms with Crippen LogP contribution in [0.15, 0.2) is 36.9 Å². The highest BCUT2D eigenvalue weighted by Crippen LogP contribution is 2.29. The molecule has 1 saturated carbocycles. The molecule has 3 aliphatic rings. The van der Waals surface area contributed by atoms with Gasteiger partial charge in [-0.15, -0.1) is 6.58 Å². The van der Waals surface area contributed by atoms with Crippen molar-refractivity contribution in [3.05, 3.63) is 48.0 Å². The van der Waals surface area contributed by atoms with E-state index in [4.69, 9.17) is 0 Å². The van der Waals surface area contributed by atoms with Crippen LogP contribution >= 0.6 is 0 Å². The maximum atomic E-state index is 13.8. The Morgan fingerprint density at radius 2 is 1.74 bits per heavy atom. The van der Waals surface area contributed by atoms with E-state index in [1.54, 1.807) is 11.0 Å². The molecule has 4 rings (SSSR count). The third kappa shape index (κ3) is 7.54. The van der Waals surface area contributed by atoms with Gasteiger partial charge in [-0.25, -0.2) is 4.79 Å². The summed E-state index contributed by atoms with van der Waals surface area (Å²) in [5.74, 6) is -2.57. The second kappa shape index (κ2) is 14.6. The lowest BCUT2D eigenvalue weighted by Crippen LogP contribution is -2.58. The summed E-state index contributed by atoms with van der Waals surface area (Å²) < 4.78 is 0. The molecule has 42 heavy (non-hydrogen) atoms. The summed E-state index contributed by atoms with van der Waals surface area (Å²) in [7, 11) is 0. The molecular formula is C30H40N6O6. The molecule has 0 bridgehead atoms. The largest absolute Gasteiger partial charge is 0.347 e.